The average molecular weight is 546 g/mol. The molecule has 0 bridgehead atoms. The lowest BCUT2D eigenvalue weighted by Gasteiger charge is -2.37. The summed E-state index contributed by atoms with van der Waals surface area (Å²) < 4.78 is 18.6. The smallest absolute Gasteiger partial charge is 0.343 e. The molecule has 0 saturated carbocycles. The topological polar surface area (TPSA) is 90.9 Å². The molecule has 8 heteroatoms. The second-order valence-electron chi connectivity index (χ2n) is 10.3. The number of fused-ring (bicyclic) bond motifs is 1. The number of imide groups is 1. The fourth-order valence-corrected chi connectivity index (χ4v) is 5.82. The molecule has 2 aliphatic rings. The molecule has 5 rings (SSSR count). The summed E-state index contributed by atoms with van der Waals surface area (Å²) in [6.45, 7) is 8.34. The van der Waals surface area contributed by atoms with Gasteiger partial charge < -0.3 is 14.2 Å². The Morgan fingerprint density at radius 2 is 1.74 bits per heavy atom. The third-order valence-electron chi connectivity index (χ3n) is 7.42. The summed E-state index contributed by atoms with van der Waals surface area (Å²) in [7, 11) is 0. The highest BCUT2D eigenvalue weighted by Gasteiger charge is 2.36. The molecule has 39 heavy (non-hydrogen) atoms. The lowest BCUT2D eigenvalue weighted by Crippen LogP contribution is -2.42. The maximum absolute atomic E-state index is 12.8. The maximum atomic E-state index is 12.8. The number of carbonyl (C=O) groups is 3. The number of hydrogen-bond acceptors (Lipinski definition) is 7. The molecule has 202 valence electrons. The van der Waals surface area contributed by atoms with E-state index in [-0.39, 0.29) is 17.1 Å². The van der Waals surface area contributed by atoms with E-state index >= 15 is 0 Å². The van der Waals surface area contributed by atoms with Crippen molar-refractivity contribution < 1.29 is 28.6 Å². The predicted molar refractivity (Wildman–Crippen MR) is 150 cm³/mol. The first-order valence-electron chi connectivity index (χ1n) is 13.0. The Labute approximate surface area is 232 Å². The molecule has 0 aliphatic carbocycles. The number of thioether (sulfide) groups is 1. The van der Waals surface area contributed by atoms with Crippen molar-refractivity contribution in [3.63, 3.8) is 0 Å². The maximum Gasteiger partial charge on any atom is 0.343 e. The second kappa shape index (κ2) is 10.8. The molecular weight excluding hydrogens is 514 g/mol. The Morgan fingerprint density at radius 3 is 2.41 bits per heavy atom. The summed E-state index contributed by atoms with van der Waals surface area (Å²) in [5, 5.41) is 1.63. The normalized spacial score (nSPS) is 20.2. The van der Waals surface area contributed by atoms with Gasteiger partial charge in [0.05, 0.1) is 10.8 Å². The molecule has 1 fully saturated rings. The van der Waals surface area contributed by atoms with Crippen molar-refractivity contribution in [2.75, 3.05) is 6.61 Å². The summed E-state index contributed by atoms with van der Waals surface area (Å²) >= 11 is 1.03. The highest BCUT2D eigenvalue weighted by atomic mass is 32.2. The summed E-state index contributed by atoms with van der Waals surface area (Å²) in [4.78, 5) is 36.0. The predicted octanol–water partition coefficient (Wildman–Crippen LogP) is 5.89. The lowest BCUT2D eigenvalue weighted by molar-refractivity contribution is -0.118. The molecule has 7 nitrogen and oxygen atoms in total. The second-order valence-corrected chi connectivity index (χ2v) is 11.5. The van der Waals surface area contributed by atoms with E-state index in [4.69, 9.17) is 14.2 Å². The first-order valence-corrected chi connectivity index (χ1v) is 13.8. The number of nitrogens with one attached hydrogen (secondary N) is 1. The van der Waals surface area contributed by atoms with Crippen LogP contribution in [0.15, 0.2) is 54.6 Å². The van der Waals surface area contributed by atoms with Gasteiger partial charge in [-0.2, -0.15) is 0 Å². The van der Waals surface area contributed by atoms with E-state index in [0.29, 0.717) is 30.1 Å². The van der Waals surface area contributed by atoms with E-state index in [1.165, 1.54) is 0 Å². The molecule has 2 unspecified atom stereocenters. The molecule has 0 aromatic heterocycles. The van der Waals surface area contributed by atoms with E-state index in [0.717, 1.165) is 58.2 Å². The Kier molecular flexibility index (Phi) is 7.40. The van der Waals surface area contributed by atoms with Gasteiger partial charge in [0.25, 0.3) is 5.24 Å². The van der Waals surface area contributed by atoms with Gasteiger partial charge in [-0.1, -0.05) is 42.1 Å². The number of esters is 1. The van der Waals surface area contributed by atoms with Gasteiger partial charge in [-0.05, 0) is 93.5 Å². The zero-order valence-electron chi connectivity index (χ0n) is 22.5. The van der Waals surface area contributed by atoms with Crippen molar-refractivity contribution in [1.82, 2.24) is 5.32 Å². The van der Waals surface area contributed by atoms with Crippen molar-refractivity contribution in [3.05, 3.63) is 88.0 Å². The number of carbonyl (C=O) groups excluding carboxylic acids is 3. The van der Waals surface area contributed by atoms with Crippen LogP contribution in [-0.4, -0.2) is 34.6 Å². The van der Waals surface area contributed by atoms with Gasteiger partial charge in [-0.3, -0.25) is 14.9 Å². The molecular formula is C31H31NO6S. The van der Waals surface area contributed by atoms with E-state index in [1.807, 2.05) is 70.2 Å². The van der Waals surface area contributed by atoms with Gasteiger partial charge in [0.2, 0.25) is 5.91 Å². The van der Waals surface area contributed by atoms with Crippen LogP contribution in [0, 0.1) is 20.8 Å². The van der Waals surface area contributed by atoms with Gasteiger partial charge in [0.1, 0.15) is 29.5 Å². The van der Waals surface area contributed by atoms with E-state index < -0.39 is 10.9 Å². The van der Waals surface area contributed by atoms with Crippen LogP contribution in [0.3, 0.4) is 0 Å². The van der Waals surface area contributed by atoms with Crippen LogP contribution in [0.25, 0.3) is 0 Å². The fourth-order valence-electron chi connectivity index (χ4n) is 4.96. The molecule has 2 amide bonds. The van der Waals surface area contributed by atoms with Gasteiger partial charge in [-0.25, -0.2) is 4.79 Å². The summed E-state index contributed by atoms with van der Waals surface area (Å²) in [5.74, 6) is 1.53. The van der Waals surface area contributed by atoms with E-state index in [2.05, 4.69) is 5.32 Å². The number of amides is 2. The summed E-state index contributed by atoms with van der Waals surface area (Å²) in [5.41, 5.74) is 4.76. The minimum atomic E-state index is -0.531. The number of benzene rings is 3. The van der Waals surface area contributed by atoms with Crippen LogP contribution >= 0.6 is 11.8 Å². The highest BCUT2D eigenvalue weighted by molar-refractivity contribution is 8.15. The molecule has 3 aromatic rings. The molecule has 1 N–H and O–H groups in total. The van der Waals surface area contributed by atoms with Crippen LogP contribution in [0.2, 0.25) is 0 Å². The van der Waals surface area contributed by atoms with Crippen LogP contribution in [0.4, 0.5) is 4.79 Å². The van der Waals surface area contributed by atoms with Gasteiger partial charge in [0.15, 0.2) is 0 Å². The van der Waals surface area contributed by atoms with Gasteiger partial charge in [-0.15, -0.1) is 0 Å². The average Bonchev–Trinajstić information content (AvgIpc) is 3.25. The molecule has 0 spiro atoms. The Hall–Kier alpha value is -3.78. The largest absolute Gasteiger partial charge is 0.489 e. The van der Waals surface area contributed by atoms with Crippen LogP contribution in [0.5, 0.6) is 17.2 Å². The zero-order valence-corrected chi connectivity index (χ0v) is 23.3. The first-order chi connectivity index (χ1) is 18.6. The van der Waals surface area contributed by atoms with Gasteiger partial charge >= 0.3 is 5.97 Å². The van der Waals surface area contributed by atoms with Gasteiger partial charge in [0, 0.05) is 5.56 Å². The summed E-state index contributed by atoms with van der Waals surface area (Å²) in [6, 6.07) is 16.6. The molecule has 2 heterocycles. The molecule has 1 saturated heterocycles. The van der Waals surface area contributed by atoms with Crippen molar-refractivity contribution >= 4 is 28.9 Å². The Bertz CT molecular complexity index is 1440. The highest BCUT2D eigenvalue weighted by Crippen LogP contribution is 2.44. The molecule has 2 aliphatic heterocycles. The first kappa shape index (κ1) is 26.8. The fraction of sp³-hybridized carbons (Fsp3) is 0.323. The monoisotopic (exact) mass is 545 g/mol. The van der Waals surface area contributed by atoms with Crippen molar-refractivity contribution in [1.29, 1.82) is 0 Å². The third kappa shape index (κ3) is 5.66. The third-order valence-corrected chi connectivity index (χ3v) is 8.40. The molecule has 2 atom stereocenters. The quantitative estimate of drug-likeness (QED) is 0.293. The number of ether oxygens (including phenoxy) is 3. The SMILES string of the molecule is Cc1c(C)c2c(c(C)c1OC(=O)c1ccccc1)CCC(C)(COc1ccc(CC3SC(=O)NC3=O)cc1)O2. The minimum absolute atomic E-state index is 0.241. The van der Waals surface area contributed by atoms with E-state index in [9.17, 15) is 14.4 Å². The Balaban J connectivity index is 1.26. The van der Waals surface area contributed by atoms with Crippen molar-refractivity contribution in [3.8, 4) is 17.2 Å². The van der Waals surface area contributed by atoms with Crippen LogP contribution in [-0.2, 0) is 17.6 Å². The molecule has 3 aromatic carbocycles. The number of hydrogen-bond donors (Lipinski definition) is 1. The zero-order chi connectivity index (χ0) is 27.7. The minimum Gasteiger partial charge on any atom is -0.489 e. The van der Waals surface area contributed by atoms with Crippen molar-refractivity contribution in [2.24, 2.45) is 0 Å². The van der Waals surface area contributed by atoms with E-state index in [1.54, 1.807) is 12.1 Å². The Morgan fingerprint density at radius 1 is 1.03 bits per heavy atom. The van der Waals surface area contributed by atoms with Crippen molar-refractivity contribution in [2.45, 2.75) is 57.8 Å². The molecule has 0 radical (unpaired) electrons. The van der Waals surface area contributed by atoms with Crippen LogP contribution < -0.4 is 19.5 Å². The lowest BCUT2D eigenvalue weighted by atomic mass is 9.87. The number of rotatable bonds is 7. The standard InChI is InChI=1S/C31H31NO6S/c1-18-19(2)27-24(20(3)26(18)37-29(34)22-8-6-5-7-9-22)14-15-31(4,38-27)17-36-23-12-10-21(11-13-23)16-25-28(33)32-30(35)39-25/h5-13,25H,14-17H2,1-4H3,(H,32,33,35). The van der Waals surface area contributed by atoms with Crippen LogP contribution in [0.1, 0.15) is 51.5 Å². The summed E-state index contributed by atoms with van der Waals surface area (Å²) in [6.07, 6.45) is 2.01.